The molecule has 1 aliphatic rings. The third kappa shape index (κ3) is 4.14. The highest BCUT2D eigenvalue weighted by Gasteiger charge is 2.24. The molecule has 2 N–H and O–H groups in total. The second-order valence-electron chi connectivity index (χ2n) is 8.59. The molecule has 0 fully saturated rings. The van der Waals surface area contributed by atoms with Gasteiger partial charge in [-0.25, -0.2) is 23.7 Å². The van der Waals surface area contributed by atoms with Gasteiger partial charge in [0, 0.05) is 29.9 Å². The number of fused-ring (bicyclic) bond motifs is 2. The topological polar surface area (TPSA) is 84.2 Å². The Labute approximate surface area is 200 Å². The second kappa shape index (κ2) is 8.90. The molecule has 0 radical (unpaired) electrons. The summed E-state index contributed by atoms with van der Waals surface area (Å²) < 4.78 is 29.8. The molecule has 3 aromatic heterocycles. The van der Waals surface area contributed by atoms with Crippen LogP contribution in [-0.4, -0.2) is 19.4 Å². The zero-order valence-corrected chi connectivity index (χ0v) is 19.6. The van der Waals surface area contributed by atoms with Gasteiger partial charge in [-0.05, 0) is 55.7 Å². The summed E-state index contributed by atoms with van der Waals surface area (Å²) in [5.41, 5.74) is 3.45. The van der Waals surface area contributed by atoms with Crippen LogP contribution >= 0.6 is 0 Å². The normalized spacial score (nSPS) is 13.7. The lowest BCUT2D eigenvalue weighted by Gasteiger charge is -2.23. The molecule has 1 unspecified atom stereocenters. The molecule has 0 saturated heterocycles. The van der Waals surface area contributed by atoms with Crippen LogP contribution in [0, 0.1) is 18.6 Å². The highest BCUT2D eigenvalue weighted by Crippen LogP contribution is 2.32. The molecule has 4 heterocycles. The maximum absolute atomic E-state index is 14.2. The number of aryl methyl sites for hydroxylation is 1. The zero-order valence-electron chi connectivity index (χ0n) is 19.6. The average Bonchev–Trinajstić information content (AvgIpc) is 2.83. The first kappa shape index (κ1) is 22.6. The fraction of sp³-hybridized carbons (Fsp3) is 0.231. The van der Waals surface area contributed by atoms with E-state index in [-0.39, 0.29) is 11.1 Å². The summed E-state index contributed by atoms with van der Waals surface area (Å²) in [5, 5.41) is 6.56. The molecule has 9 heteroatoms. The molecule has 5 rings (SSSR count). The van der Waals surface area contributed by atoms with Crippen LogP contribution in [0.25, 0.3) is 16.8 Å². The number of hydrogen-bond donors (Lipinski definition) is 2. The molecular formula is C26H24F2N6O. The first-order valence-corrected chi connectivity index (χ1v) is 11.4. The van der Waals surface area contributed by atoms with Crippen molar-refractivity contribution in [2.75, 3.05) is 10.6 Å². The summed E-state index contributed by atoms with van der Waals surface area (Å²) in [6.45, 7) is 5.71. The van der Waals surface area contributed by atoms with Gasteiger partial charge in [-0.15, -0.1) is 0 Å². The molecule has 178 valence electrons. The van der Waals surface area contributed by atoms with Gasteiger partial charge in [0.2, 0.25) is 0 Å². The van der Waals surface area contributed by atoms with Gasteiger partial charge in [0.05, 0.1) is 17.3 Å². The molecule has 0 saturated carbocycles. The van der Waals surface area contributed by atoms with Crippen LogP contribution in [0.15, 0.2) is 59.3 Å². The van der Waals surface area contributed by atoms with Crippen molar-refractivity contribution in [1.82, 2.24) is 19.4 Å². The smallest absolute Gasteiger partial charge is 0.266 e. The van der Waals surface area contributed by atoms with Gasteiger partial charge >= 0.3 is 0 Å². The molecule has 1 atom stereocenters. The van der Waals surface area contributed by atoms with E-state index in [0.717, 1.165) is 30.2 Å². The fourth-order valence-corrected chi connectivity index (χ4v) is 4.42. The average molecular weight is 475 g/mol. The Hall–Kier alpha value is -4.14. The Morgan fingerprint density at radius 3 is 2.69 bits per heavy atom. The molecule has 0 bridgehead atoms. The van der Waals surface area contributed by atoms with Gasteiger partial charge < -0.3 is 10.6 Å². The SMILES string of the molecule is CCC1=CNc2ncnc(NC(C)c3nc4cccc(C)n4c(=O)c3-c3cc(F)cc(F)c3)c2C1. The third-order valence-electron chi connectivity index (χ3n) is 6.20. The van der Waals surface area contributed by atoms with E-state index in [1.165, 1.54) is 16.3 Å². The highest BCUT2D eigenvalue weighted by atomic mass is 19.1. The molecular weight excluding hydrogens is 450 g/mol. The number of nitrogens with one attached hydrogen (secondary N) is 2. The molecule has 0 aliphatic carbocycles. The Morgan fingerprint density at radius 2 is 1.94 bits per heavy atom. The van der Waals surface area contributed by atoms with Gasteiger partial charge in [0.25, 0.3) is 5.56 Å². The van der Waals surface area contributed by atoms with Gasteiger partial charge in [-0.1, -0.05) is 13.0 Å². The lowest BCUT2D eigenvalue weighted by Crippen LogP contribution is -2.25. The molecule has 0 spiro atoms. The van der Waals surface area contributed by atoms with Crippen molar-refractivity contribution < 1.29 is 8.78 Å². The fourth-order valence-electron chi connectivity index (χ4n) is 4.42. The molecule has 1 aliphatic heterocycles. The summed E-state index contributed by atoms with van der Waals surface area (Å²) >= 11 is 0. The first-order chi connectivity index (χ1) is 16.9. The van der Waals surface area contributed by atoms with Gasteiger partial charge in [0.1, 0.15) is 35.2 Å². The summed E-state index contributed by atoms with van der Waals surface area (Å²) in [6.07, 6.45) is 4.98. The highest BCUT2D eigenvalue weighted by molar-refractivity contribution is 5.69. The second-order valence-corrected chi connectivity index (χ2v) is 8.59. The molecule has 4 aromatic rings. The Morgan fingerprint density at radius 1 is 1.17 bits per heavy atom. The predicted molar refractivity (Wildman–Crippen MR) is 131 cm³/mol. The van der Waals surface area contributed by atoms with Crippen LogP contribution in [0.4, 0.5) is 20.4 Å². The molecule has 35 heavy (non-hydrogen) atoms. The largest absolute Gasteiger partial charge is 0.362 e. The number of hydrogen-bond acceptors (Lipinski definition) is 6. The third-order valence-corrected chi connectivity index (χ3v) is 6.20. The van der Waals surface area contributed by atoms with E-state index in [4.69, 9.17) is 4.98 Å². The van der Waals surface area contributed by atoms with E-state index in [0.29, 0.717) is 35.1 Å². The van der Waals surface area contributed by atoms with Crippen LogP contribution in [0.5, 0.6) is 0 Å². The predicted octanol–water partition coefficient (Wildman–Crippen LogP) is 5.17. The number of benzene rings is 1. The minimum Gasteiger partial charge on any atom is -0.362 e. The van der Waals surface area contributed by atoms with Crippen molar-refractivity contribution in [3.63, 3.8) is 0 Å². The molecule has 0 amide bonds. The van der Waals surface area contributed by atoms with E-state index in [9.17, 15) is 13.6 Å². The Kier molecular flexibility index (Phi) is 5.76. The quantitative estimate of drug-likeness (QED) is 0.415. The van der Waals surface area contributed by atoms with E-state index in [1.807, 2.05) is 19.2 Å². The Bertz CT molecular complexity index is 1530. The van der Waals surface area contributed by atoms with Gasteiger partial charge in [0.15, 0.2) is 0 Å². The van der Waals surface area contributed by atoms with Crippen LogP contribution in [-0.2, 0) is 6.42 Å². The minimum absolute atomic E-state index is 0.129. The van der Waals surface area contributed by atoms with Crippen molar-refractivity contribution in [3.05, 3.63) is 93.4 Å². The first-order valence-electron chi connectivity index (χ1n) is 11.4. The minimum atomic E-state index is -0.768. The summed E-state index contributed by atoms with van der Waals surface area (Å²) in [4.78, 5) is 27.2. The van der Waals surface area contributed by atoms with Crippen LogP contribution in [0.3, 0.4) is 0 Å². The standard InChI is InChI=1S/C26H24F2N6O/c1-4-16-8-20-24(29-12-16)30-13-31-25(20)32-15(3)23-22(17-9-18(27)11-19(28)10-17)26(35)34-14(2)6-5-7-21(34)33-23/h5-7,9-13,15H,4,8H2,1-3H3,(H2,29,30,31,32). The number of rotatable bonds is 5. The van der Waals surface area contributed by atoms with Crippen molar-refractivity contribution in [2.45, 2.75) is 39.7 Å². The zero-order chi connectivity index (χ0) is 24.7. The van der Waals surface area contributed by atoms with Crippen molar-refractivity contribution in [3.8, 4) is 11.1 Å². The van der Waals surface area contributed by atoms with Gasteiger partial charge in [-0.3, -0.25) is 9.20 Å². The number of halogens is 2. The van der Waals surface area contributed by atoms with Gasteiger partial charge in [-0.2, -0.15) is 0 Å². The summed E-state index contributed by atoms with van der Waals surface area (Å²) in [6, 6.07) is 7.90. The van der Waals surface area contributed by atoms with Crippen LogP contribution < -0.4 is 16.2 Å². The summed E-state index contributed by atoms with van der Waals surface area (Å²) in [7, 11) is 0. The Balaban J connectivity index is 1.67. The van der Waals surface area contributed by atoms with E-state index < -0.39 is 23.2 Å². The molecule has 7 nitrogen and oxygen atoms in total. The van der Waals surface area contributed by atoms with Crippen molar-refractivity contribution >= 4 is 17.3 Å². The van der Waals surface area contributed by atoms with Crippen LogP contribution in [0.1, 0.15) is 43.3 Å². The molecule has 1 aromatic carbocycles. The maximum atomic E-state index is 14.2. The number of aromatic nitrogens is 4. The number of allylic oxidation sites excluding steroid dienone is 1. The maximum Gasteiger partial charge on any atom is 0.266 e. The lowest BCUT2D eigenvalue weighted by molar-refractivity contribution is 0.584. The van der Waals surface area contributed by atoms with Crippen molar-refractivity contribution in [2.24, 2.45) is 0 Å². The van der Waals surface area contributed by atoms with E-state index >= 15 is 0 Å². The lowest BCUT2D eigenvalue weighted by atomic mass is 9.99. The van der Waals surface area contributed by atoms with Crippen molar-refractivity contribution in [1.29, 1.82) is 0 Å². The number of anilines is 2. The monoisotopic (exact) mass is 474 g/mol. The van der Waals surface area contributed by atoms with Crippen LogP contribution in [0.2, 0.25) is 0 Å². The summed E-state index contributed by atoms with van der Waals surface area (Å²) in [5.74, 6) is -0.218. The van der Waals surface area contributed by atoms with E-state index in [1.54, 1.807) is 19.1 Å². The number of pyridine rings is 1. The number of nitrogens with zero attached hydrogens (tertiary/aromatic N) is 4. The van der Waals surface area contributed by atoms with E-state index in [2.05, 4.69) is 27.5 Å².